The second kappa shape index (κ2) is 10.7. The average molecular weight is 523 g/mol. The molecule has 0 saturated carbocycles. The van der Waals surface area contributed by atoms with E-state index < -0.39 is 5.41 Å². The molecular formula is C23H25BrClN3O2S. The number of benzene rings is 2. The molecule has 2 aromatic rings. The van der Waals surface area contributed by atoms with Crippen LogP contribution in [0, 0.1) is 5.41 Å². The number of halogens is 2. The number of hydrogen-bond acceptors (Lipinski definition) is 5. The molecule has 1 aliphatic heterocycles. The molecule has 8 heteroatoms. The van der Waals surface area contributed by atoms with E-state index in [-0.39, 0.29) is 18.2 Å². The lowest BCUT2D eigenvalue weighted by atomic mass is 9.73. The van der Waals surface area contributed by atoms with Crippen molar-refractivity contribution in [3.8, 4) is 0 Å². The summed E-state index contributed by atoms with van der Waals surface area (Å²) < 4.78 is 0.943. The largest absolute Gasteiger partial charge is 0.324 e. The number of Topliss-reactive ketones (excluding diaryl/α,β-unsaturated/α-hetero) is 1. The standard InChI is InChI=1S/C23H25BrClN3O2S/c1-16(29)23(12-3-13-31-2)15-28(27-22(23)17-4-8-19(25)9-5-17)14-21(30)26-20-10-6-18(24)7-11-20/h4-11H,3,12-15H2,1-2H3,(H,26,30). The first-order chi connectivity index (χ1) is 14.8. The number of nitrogens with one attached hydrogen (secondary N) is 1. The van der Waals surface area contributed by atoms with Crippen LogP contribution in [0.4, 0.5) is 5.69 Å². The Morgan fingerprint density at radius 3 is 2.48 bits per heavy atom. The molecule has 1 unspecified atom stereocenters. The lowest BCUT2D eigenvalue weighted by molar-refractivity contribution is -0.124. The van der Waals surface area contributed by atoms with Crippen LogP contribution in [0.3, 0.4) is 0 Å². The summed E-state index contributed by atoms with van der Waals surface area (Å²) in [5.41, 5.74) is 1.56. The van der Waals surface area contributed by atoms with Crippen LogP contribution >= 0.6 is 39.3 Å². The summed E-state index contributed by atoms with van der Waals surface area (Å²) in [4.78, 5) is 25.6. The minimum atomic E-state index is -0.735. The first-order valence-electron chi connectivity index (χ1n) is 9.99. The number of amides is 1. The molecule has 164 valence electrons. The third kappa shape index (κ3) is 5.90. The number of thioether (sulfide) groups is 1. The summed E-state index contributed by atoms with van der Waals surface area (Å²) in [5.74, 6) is 0.857. The molecule has 0 saturated heterocycles. The van der Waals surface area contributed by atoms with Gasteiger partial charge in [0.2, 0.25) is 5.91 Å². The minimum Gasteiger partial charge on any atom is -0.324 e. The molecule has 5 nitrogen and oxygen atoms in total. The summed E-state index contributed by atoms with van der Waals surface area (Å²) in [5, 5.41) is 9.97. The molecule has 1 N–H and O–H groups in total. The third-order valence-electron chi connectivity index (χ3n) is 5.34. The Kier molecular flexibility index (Phi) is 8.19. The van der Waals surface area contributed by atoms with Crippen molar-refractivity contribution < 1.29 is 9.59 Å². The van der Waals surface area contributed by atoms with Gasteiger partial charge in [0, 0.05) is 15.2 Å². The number of hydrazone groups is 1. The van der Waals surface area contributed by atoms with Crippen molar-refractivity contribution >= 4 is 62.4 Å². The van der Waals surface area contributed by atoms with Crippen molar-refractivity contribution in [3.05, 3.63) is 63.6 Å². The molecule has 0 spiro atoms. The number of ketones is 1. The van der Waals surface area contributed by atoms with E-state index in [0.717, 1.165) is 22.2 Å². The van der Waals surface area contributed by atoms with E-state index in [0.29, 0.717) is 29.4 Å². The minimum absolute atomic E-state index is 0.0677. The maximum atomic E-state index is 12.9. The Bertz CT molecular complexity index is 966. The molecular weight excluding hydrogens is 498 g/mol. The number of anilines is 1. The van der Waals surface area contributed by atoms with Crippen LogP contribution in [0.25, 0.3) is 0 Å². The van der Waals surface area contributed by atoms with Crippen molar-refractivity contribution in [1.82, 2.24) is 5.01 Å². The van der Waals surface area contributed by atoms with E-state index >= 15 is 0 Å². The third-order valence-corrected chi connectivity index (χ3v) is 6.82. The Hall–Kier alpha value is -1.83. The predicted octanol–water partition coefficient (Wildman–Crippen LogP) is 5.48. The van der Waals surface area contributed by atoms with Crippen molar-refractivity contribution in [2.24, 2.45) is 10.5 Å². The summed E-state index contributed by atoms with van der Waals surface area (Å²) >= 11 is 11.2. The van der Waals surface area contributed by atoms with Crippen LogP contribution in [0.2, 0.25) is 5.02 Å². The van der Waals surface area contributed by atoms with E-state index in [1.54, 1.807) is 35.8 Å². The summed E-state index contributed by atoms with van der Waals surface area (Å²) in [6.07, 6.45) is 3.64. The highest BCUT2D eigenvalue weighted by Gasteiger charge is 2.47. The van der Waals surface area contributed by atoms with E-state index in [2.05, 4.69) is 27.5 Å². The van der Waals surface area contributed by atoms with E-state index in [4.69, 9.17) is 16.7 Å². The highest BCUT2D eigenvalue weighted by Crippen LogP contribution is 2.37. The molecule has 0 fully saturated rings. The molecule has 2 aromatic carbocycles. The van der Waals surface area contributed by atoms with Gasteiger partial charge in [-0.05, 0) is 73.7 Å². The van der Waals surface area contributed by atoms with Gasteiger partial charge in [-0.2, -0.15) is 16.9 Å². The Morgan fingerprint density at radius 2 is 1.87 bits per heavy atom. The van der Waals surface area contributed by atoms with Crippen molar-refractivity contribution in [2.75, 3.05) is 30.4 Å². The zero-order valence-corrected chi connectivity index (χ0v) is 20.7. The lowest BCUT2D eigenvalue weighted by Crippen LogP contribution is -2.42. The smallest absolute Gasteiger partial charge is 0.245 e. The van der Waals surface area contributed by atoms with Crippen molar-refractivity contribution in [1.29, 1.82) is 0 Å². The van der Waals surface area contributed by atoms with Gasteiger partial charge in [-0.25, -0.2) is 0 Å². The number of rotatable bonds is 9. The average Bonchev–Trinajstić information content (AvgIpc) is 3.10. The second-order valence-electron chi connectivity index (χ2n) is 7.57. The second-order valence-corrected chi connectivity index (χ2v) is 9.91. The molecule has 0 bridgehead atoms. The number of carbonyl (C=O) groups excluding carboxylic acids is 2. The molecule has 0 radical (unpaired) electrons. The Morgan fingerprint density at radius 1 is 1.19 bits per heavy atom. The van der Waals surface area contributed by atoms with Crippen LogP contribution in [-0.4, -0.2) is 47.5 Å². The van der Waals surface area contributed by atoms with E-state index in [9.17, 15) is 9.59 Å². The summed E-state index contributed by atoms with van der Waals surface area (Å²) in [7, 11) is 0. The number of nitrogens with zero attached hydrogens (tertiary/aromatic N) is 2. The maximum absolute atomic E-state index is 12.9. The zero-order chi connectivity index (χ0) is 22.4. The normalized spacial score (nSPS) is 18.1. The topological polar surface area (TPSA) is 61.8 Å². The Labute approximate surface area is 200 Å². The molecule has 0 aliphatic carbocycles. The maximum Gasteiger partial charge on any atom is 0.245 e. The lowest BCUT2D eigenvalue weighted by Gasteiger charge is -2.28. The van der Waals surface area contributed by atoms with Gasteiger partial charge in [-0.3, -0.25) is 14.6 Å². The van der Waals surface area contributed by atoms with Crippen molar-refractivity contribution in [3.63, 3.8) is 0 Å². The SMILES string of the molecule is CSCCCC1(C(C)=O)CN(CC(=O)Nc2ccc(Br)cc2)N=C1c1ccc(Cl)cc1. The van der Waals surface area contributed by atoms with Gasteiger partial charge in [0.1, 0.15) is 12.3 Å². The summed E-state index contributed by atoms with van der Waals surface area (Å²) in [6, 6.07) is 14.8. The van der Waals surface area contributed by atoms with Gasteiger partial charge >= 0.3 is 0 Å². The monoisotopic (exact) mass is 521 g/mol. The van der Waals surface area contributed by atoms with Gasteiger partial charge < -0.3 is 5.32 Å². The van der Waals surface area contributed by atoms with Gasteiger partial charge in [0.05, 0.1) is 17.7 Å². The first kappa shape index (κ1) is 23.8. The van der Waals surface area contributed by atoms with Crippen LogP contribution in [0.5, 0.6) is 0 Å². The van der Waals surface area contributed by atoms with E-state index in [1.807, 2.05) is 36.4 Å². The van der Waals surface area contributed by atoms with Crippen LogP contribution in [0.1, 0.15) is 25.3 Å². The molecule has 3 rings (SSSR count). The van der Waals surface area contributed by atoms with Gasteiger partial charge in [0.25, 0.3) is 0 Å². The zero-order valence-electron chi connectivity index (χ0n) is 17.5. The number of hydrogen-bond donors (Lipinski definition) is 1. The molecule has 1 aliphatic rings. The summed E-state index contributed by atoms with van der Waals surface area (Å²) in [6.45, 7) is 2.09. The molecule has 0 aromatic heterocycles. The Balaban J connectivity index is 1.84. The molecule has 1 heterocycles. The highest BCUT2D eigenvalue weighted by molar-refractivity contribution is 9.10. The fraction of sp³-hybridized carbons (Fsp3) is 0.348. The fourth-order valence-corrected chi connectivity index (χ4v) is 4.58. The molecule has 1 amide bonds. The van der Waals surface area contributed by atoms with Gasteiger partial charge in [-0.15, -0.1) is 0 Å². The fourth-order valence-electron chi connectivity index (χ4n) is 3.76. The van der Waals surface area contributed by atoms with Crippen LogP contribution < -0.4 is 5.32 Å². The van der Waals surface area contributed by atoms with Crippen LogP contribution in [-0.2, 0) is 9.59 Å². The van der Waals surface area contributed by atoms with Gasteiger partial charge in [0.15, 0.2) is 0 Å². The highest BCUT2D eigenvalue weighted by atomic mass is 79.9. The van der Waals surface area contributed by atoms with Crippen LogP contribution in [0.15, 0.2) is 58.1 Å². The first-order valence-corrected chi connectivity index (χ1v) is 12.6. The molecule has 31 heavy (non-hydrogen) atoms. The quantitative estimate of drug-likeness (QED) is 0.443. The van der Waals surface area contributed by atoms with Gasteiger partial charge in [-0.1, -0.05) is 39.7 Å². The number of carbonyl (C=O) groups is 2. The molecule has 1 atom stereocenters. The van der Waals surface area contributed by atoms with Crippen molar-refractivity contribution in [2.45, 2.75) is 19.8 Å². The van der Waals surface area contributed by atoms with E-state index in [1.165, 1.54) is 0 Å². The predicted molar refractivity (Wildman–Crippen MR) is 133 cm³/mol.